The van der Waals surface area contributed by atoms with Crippen LogP contribution in [0.15, 0.2) is 42.5 Å². The molecule has 1 unspecified atom stereocenters. The summed E-state index contributed by atoms with van der Waals surface area (Å²) in [5.41, 5.74) is 2.28. The number of ether oxygens (including phenoxy) is 4. The van der Waals surface area contributed by atoms with Gasteiger partial charge in [-0.3, -0.25) is 0 Å². The molecule has 1 aliphatic carbocycles. The predicted molar refractivity (Wildman–Crippen MR) is 160 cm³/mol. The number of halogens is 1. The van der Waals surface area contributed by atoms with Gasteiger partial charge in [-0.1, -0.05) is 50.6 Å². The number of benzene rings is 2. The van der Waals surface area contributed by atoms with Crippen molar-refractivity contribution in [2.24, 2.45) is 0 Å². The summed E-state index contributed by atoms with van der Waals surface area (Å²) >= 11 is 6.59. The van der Waals surface area contributed by atoms with E-state index < -0.39 is 38.5 Å². The number of hydrogen-bond donors (Lipinski definition) is 3. The van der Waals surface area contributed by atoms with Gasteiger partial charge in [-0.05, 0) is 72.8 Å². The maximum atomic E-state index is 11.1. The first-order valence-corrected chi connectivity index (χ1v) is 17.6. The minimum Gasteiger partial charge on any atom is -0.491 e. The first-order chi connectivity index (χ1) is 19.3. The summed E-state index contributed by atoms with van der Waals surface area (Å²) in [5, 5.41) is 33.3. The second-order valence-corrected chi connectivity index (χ2v) is 17.8. The van der Waals surface area contributed by atoms with Crippen LogP contribution in [-0.4, -0.2) is 81.1 Å². The van der Waals surface area contributed by atoms with Crippen molar-refractivity contribution in [2.45, 2.75) is 94.5 Å². The van der Waals surface area contributed by atoms with Crippen molar-refractivity contribution in [1.29, 1.82) is 0 Å². The molecule has 1 saturated heterocycles. The third-order valence-corrected chi connectivity index (χ3v) is 13.4. The molecule has 8 nitrogen and oxygen atoms in total. The molecule has 5 atom stereocenters. The Morgan fingerprint density at radius 3 is 2.29 bits per heavy atom. The average molecular weight is 609 g/mol. The fourth-order valence-corrected chi connectivity index (χ4v) is 5.82. The van der Waals surface area contributed by atoms with Gasteiger partial charge in [-0.25, -0.2) is 0 Å². The average Bonchev–Trinajstić information content (AvgIpc) is 3.76. The van der Waals surface area contributed by atoms with E-state index in [1.807, 2.05) is 30.3 Å². The number of methoxy groups -OCH3 is 1. The summed E-state index contributed by atoms with van der Waals surface area (Å²) in [6, 6.07) is 13.0. The zero-order valence-corrected chi connectivity index (χ0v) is 26.7. The summed E-state index contributed by atoms with van der Waals surface area (Å²) in [6.45, 7) is 11.7. The summed E-state index contributed by atoms with van der Waals surface area (Å²) < 4.78 is 29.8. The molecule has 0 amide bonds. The van der Waals surface area contributed by atoms with Crippen LogP contribution in [0.1, 0.15) is 50.3 Å². The Kier molecular flexibility index (Phi) is 10.3. The summed E-state index contributed by atoms with van der Waals surface area (Å²) in [6.07, 6.45) is -2.15. The van der Waals surface area contributed by atoms with Crippen LogP contribution in [0.3, 0.4) is 0 Å². The molecule has 0 aromatic heterocycles. The van der Waals surface area contributed by atoms with Crippen molar-refractivity contribution in [3.63, 3.8) is 0 Å². The van der Waals surface area contributed by atoms with Crippen LogP contribution in [0, 0.1) is 0 Å². The minimum absolute atomic E-state index is 0.0497. The van der Waals surface area contributed by atoms with E-state index in [1.54, 1.807) is 12.1 Å². The summed E-state index contributed by atoms with van der Waals surface area (Å²) in [4.78, 5) is 0. The summed E-state index contributed by atoms with van der Waals surface area (Å²) in [5.74, 6) is -0.969. The zero-order valence-electron chi connectivity index (χ0n) is 24.9. The first-order valence-electron chi connectivity index (χ1n) is 14.3. The van der Waals surface area contributed by atoms with Crippen molar-refractivity contribution in [2.75, 3.05) is 26.9 Å². The lowest BCUT2D eigenvalue weighted by Crippen LogP contribution is -2.64. The largest absolute Gasteiger partial charge is 0.491 e. The molecule has 0 radical (unpaired) electrons. The van der Waals surface area contributed by atoms with E-state index in [2.05, 4.69) is 33.9 Å². The van der Waals surface area contributed by atoms with Crippen molar-refractivity contribution in [1.82, 2.24) is 0 Å². The Labute approximate surface area is 249 Å². The van der Waals surface area contributed by atoms with Gasteiger partial charge in [0.15, 0.2) is 8.32 Å². The Hall–Kier alpha value is -1.53. The molecule has 2 aromatic rings. The van der Waals surface area contributed by atoms with E-state index in [4.69, 9.17) is 35.0 Å². The molecule has 10 heteroatoms. The lowest BCUT2D eigenvalue weighted by Gasteiger charge is -2.49. The van der Waals surface area contributed by atoms with Gasteiger partial charge in [0.1, 0.15) is 36.8 Å². The Morgan fingerprint density at radius 1 is 1.00 bits per heavy atom. The summed E-state index contributed by atoms with van der Waals surface area (Å²) in [7, 11) is -0.773. The number of hydrogen-bond acceptors (Lipinski definition) is 8. The maximum Gasteiger partial charge on any atom is 0.224 e. The van der Waals surface area contributed by atoms with Crippen molar-refractivity contribution < 1.29 is 38.7 Å². The maximum absolute atomic E-state index is 11.1. The second-order valence-electron chi connectivity index (χ2n) is 12.6. The third kappa shape index (κ3) is 7.52. The molecule has 0 bridgehead atoms. The molecular weight excluding hydrogens is 564 g/mol. The highest BCUT2D eigenvalue weighted by molar-refractivity contribution is 6.74. The lowest BCUT2D eigenvalue weighted by molar-refractivity contribution is -0.365. The molecule has 1 saturated carbocycles. The van der Waals surface area contributed by atoms with E-state index in [0.29, 0.717) is 36.3 Å². The van der Waals surface area contributed by atoms with Gasteiger partial charge in [0.25, 0.3) is 0 Å². The Balaban J connectivity index is 1.50. The molecule has 0 spiro atoms. The van der Waals surface area contributed by atoms with E-state index in [-0.39, 0.29) is 11.6 Å². The normalized spacial score (nSPS) is 27.2. The van der Waals surface area contributed by atoms with Crippen LogP contribution < -0.4 is 4.74 Å². The number of aliphatic hydroxyl groups excluding tert-OH is 3. The second kappa shape index (κ2) is 13.0. The molecule has 4 rings (SSSR count). The molecule has 2 aliphatic rings. The lowest BCUT2D eigenvalue weighted by atomic mass is 9.87. The molecule has 1 aliphatic heterocycles. The fourth-order valence-electron chi connectivity index (χ4n) is 4.62. The van der Waals surface area contributed by atoms with Gasteiger partial charge in [0.05, 0.1) is 19.3 Å². The molecule has 1 heterocycles. The van der Waals surface area contributed by atoms with Crippen molar-refractivity contribution in [3.05, 3.63) is 64.2 Å². The highest BCUT2D eigenvalue weighted by Crippen LogP contribution is 2.42. The number of rotatable bonds is 12. The van der Waals surface area contributed by atoms with Crippen LogP contribution >= 0.6 is 11.6 Å². The van der Waals surface area contributed by atoms with Gasteiger partial charge >= 0.3 is 0 Å². The predicted octanol–water partition coefficient (Wildman–Crippen LogP) is 4.79. The van der Waals surface area contributed by atoms with Gasteiger partial charge in [0, 0.05) is 17.7 Å². The topological polar surface area (TPSA) is 107 Å². The Morgan fingerprint density at radius 2 is 1.68 bits per heavy atom. The highest BCUT2D eigenvalue weighted by atomic mass is 35.5. The Bertz CT molecular complexity index is 1150. The van der Waals surface area contributed by atoms with Crippen molar-refractivity contribution in [3.8, 4) is 5.75 Å². The molecule has 3 N–H and O–H groups in total. The number of aliphatic hydroxyl groups is 3. The molecule has 41 heavy (non-hydrogen) atoms. The van der Waals surface area contributed by atoms with Gasteiger partial charge < -0.3 is 38.7 Å². The van der Waals surface area contributed by atoms with Crippen molar-refractivity contribution >= 4 is 19.9 Å². The first kappa shape index (κ1) is 32.4. The highest BCUT2D eigenvalue weighted by Gasteiger charge is 2.55. The van der Waals surface area contributed by atoms with Crippen LogP contribution in [0.25, 0.3) is 0 Å². The van der Waals surface area contributed by atoms with Crippen LogP contribution in [0.2, 0.25) is 23.2 Å². The smallest absolute Gasteiger partial charge is 0.224 e. The molecule has 2 fully saturated rings. The van der Waals surface area contributed by atoms with Gasteiger partial charge in [-0.2, -0.15) is 0 Å². The van der Waals surface area contributed by atoms with Crippen LogP contribution in [-0.2, 0) is 30.8 Å². The van der Waals surface area contributed by atoms with Crippen LogP contribution in [0.5, 0.6) is 5.75 Å². The third-order valence-electron chi connectivity index (χ3n) is 8.48. The van der Waals surface area contributed by atoms with Crippen LogP contribution in [0.4, 0.5) is 0 Å². The van der Waals surface area contributed by atoms with E-state index in [0.717, 1.165) is 29.7 Å². The van der Waals surface area contributed by atoms with Gasteiger partial charge in [0.2, 0.25) is 5.79 Å². The molecular formula is C31H45ClO8Si. The van der Waals surface area contributed by atoms with E-state index in [1.165, 1.54) is 7.11 Å². The molecule has 228 valence electrons. The SMILES string of the molecule is CO[C@@]1(c2ccc(Cl)c(Cc3ccc(OCCOC4CC4)cc3)c2)O[C@H](CO[Si](C)(C)C(C)(C)C)[C@@H](O)C(O)[C@H]1O. The standard InChI is InChI=1S/C31H45ClO8Si/c1-30(2,3)41(5,6)39-19-26-27(33)28(34)29(35)31(36-4,40-26)22-9-14-25(32)21(18-22)17-20-7-10-23(11-8-20)37-15-16-38-24-12-13-24/h7-11,14,18,24,26-29,33-35H,12-13,15-17,19H2,1-6H3/t26-,27-,28?,29-,31+/m1/s1. The van der Waals surface area contributed by atoms with E-state index in [9.17, 15) is 15.3 Å². The monoisotopic (exact) mass is 608 g/mol. The molecule has 2 aromatic carbocycles. The van der Waals surface area contributed by atoms with E-state index >= 15 is 0 Å². The quantitative estimate of drug-likeness (QED) is 0.233. The van der Waals surface area contributed by atoms with Gasteiger partial charge in [-0.15, -0.1) is 0 Å². The zero-order chi connectivity index (χ0) is 30.0. The fraction of sp³-hybridized carbons (Fsp3) is 0.613. The minimum atomic E-state index is -2.18.